The summed E-state index contributed by atoms with van der Waals surface area (Å²) in [7, 11) is 0. The molecule has 0 bridgehead atoms. The third-order valence-electron chi connectivity index (χ3n) is 2.21. The first kappa shape index (κ1) is 12.1. The SMILES string of the molecule is CCc1ccc(C=C(C)CNC(C)C)o1. The number of nitrogens with one attached hydrogen (secondary N) is 1. The maximum absolute atomic E-state index is 5.61. The van der Waals surface area contributed by atoms with Crippen LogP contribution in [0.15, 0.2) is 22.1 Å². The molecule has 0 aliphatic rings. The van der Waals surface area contributed by atoms with Gasteiger partial charge in [0.2, 0.25) is 0 Å². The number of aryl methyl sites for hydroxylation is 1. The van der Waals surface area contributed by atoms with Gasteiger partial charge >= 0.3 is 0 Å². The molecule has 0 aliphatic heterocycles. The molecule has 15 heavy (non-hydrogen) atoms. The van der Waals surface area contributed by atoms with Gasteiger partial charge in [0, 0.05) is 19.0 Å². The highest BCUT2D eigenvalue weighted by atomic mass is 16.3. The maximum atomic E-state index is 5.61. The molecule has 1 N–H and O–H groups in total. The molecule has 1 heterocycles. The van der Waals surface area contributed by atoms with Gasteiger partial charge in [-0.1, -0.05) is 26.3 Å². The minimum absolute atomic E-state index is 0.524. The zero-order chi connectivity index (χ0) is 11.3. The Balaban J connectivity index is 2.53. The Kier molecular flexibility index (Phi) is 4.63. The summed E-state index contributed by atoms with van der Waals surface area (Å²) in [5.74, 6) is 2.00. The van der Waals surface area contributed by atoms with Crippen LogP contribution in [0.2, 0.25) is 0 Å². The minimum atomic E-state index is 0.524. The van der Waals surface area contributed by atoms with Crippen molar-refractivity contribution >= 4 is 6.08 Å². The fraction of sp³-hybridized carbons (Fsp3) is 0.538. The maximum Gasteiger partial charge on any atom is 0.127 e. The normalized spacial score (nSPS) is 12.5. The van der Waals surface area contributed by atoms with Crippen LogP contribution in [0.25, 0.3) is 6.08 Å². The molecule has 0 radical (unpaired) electrons. The van der Waals surface area contributed by atoms with E-state index in [0.29, 0.717) is 6.04 Å². The molecule has 84 valence electrons. The van der Waals surface area contributed by atoms with Crippen LogP contribution in [-0.4, -0.2) is 12.6 Å². The van der Waals surface area contributed by atoms with Crippen molar-refractivity contribution in [2.24, 2.45) is 0 Å². The summed E-state index contributed by atoms with van der Waals surface area (Å²) in [6, 6.07) is 4.59. The summed E-state index contributed by atoms with van der Waals surface area (Å²) < 4.78 is 5.61. The van der Waals surface area contributed by atoms with Gasteiger partial charge in [0.25, 0.3) is 0 Å². The van der Waals surface area contributed by atoms with Crippen molar-refractivity contribution in [1.29, 1.82) is 0 Å². The van der Waals surface area contributed by atoms with Gasteiger partial charge in [0.15, 0.2) is 0 Å². The molecule has 1 rings (SSSR count). The monoisotopic (exact) mass is 207 g/mol. The van der Waals surface area contributed by atoms with E-state index in [1.165, 1.54) is 5.57 Å². The average Bonchev–Trinajstić information content (AvgIpc) is 2.62. The number of furan rings is 1. The Hall–Kier alpha value is -1.02. The Morgan fingerprint density at radius 3 is 2.73 bits per heavy atom. The smallest absolute Gasteiger partial charge is 0.127 e. The molecule has 2 heteroatoms. The fourth-order valence-corrected chi connectivity index (χ4v) is 1.32. The molecule has 0 saturated carbocycles. The van der Waals surface area contributed by atoms with Gasteiger partial charge < -0.3 is 9.73 Å². The Bertz CT molecular complexity index is 323. The Morgan fingerprint density at radius 2 is 2.20 bits per heavy atom. The zero-order valence-electron chi connectivity index (χ0n) is 10.1. The molecule has 0 saturated heterocycles. The van der Waals surface area contributed by atoms with Crippen LogP contribution in [0.3, 0.4) is 0 Å². The predicted octanol–water partition coefficient (Wildman–Crippen LogP) is 3.24. The molecule has 0 aromatic carbocycles. The first-order valence-electron chi connectivity index (χ1n) is 5.61. The van der Waals surface area contributed by atoms with E-state index in [1.807, 2.05) is 12.1 Å². The van der Waals surface area contributed by atoms with Crippen LogP contribution < -0.4 is 5.32 Å². The Labute approximate surface area is 92.4 Å². The van der Waals surface area contributed by atoms with Crippen molar-refractivity contribution in [1.82, 2.24) is 5.32 Å². The second-order valence-electron chi connectivity index (χ2n) is 4.18. The molecule has 0 fully saturated rings. The van der Waals surface area contributed by atoms with E-state index >= 15 is 0 Å². The summed E-state index contributed by atoms with van der Waals surface area (Å²) in [5, 5.41) is 3.38. The molecule has 1 aromatic heterocycles. The second kappa shape index (κ2) is 5.76. The van der Waals surface area contributed by atoms with Crippen LogP contribution in [0, 0.1) is 0 Å². The van der Waals surface area contributed by atoms with Crippen LogP contribution in [0.1, 0.15) is 39.2 Å². The highest BCUT2D eigenvalue weighted by molar-refractivity contribution is 5.47. The van der Waals surface area contributed by atoms with Crippen molar-refractivity contribution in [2.45, 2.75) is 40.2 Å². The lowest BCUT2D eigenvalue weighted by Gasteiger charge is -2.07. The van der Waals surface area contributed by atoms with E-state index in [2.05, 4.69) is 39.1 Å². The second-order valence-corrected chi connectivity index (χ2v) is 4.18. The lowest BCUT2D eigenvalue weighted by molar-refractivity contribution is 0.507. The molecule has 0 amide bonds. The molecular formula is C13H21NO. The molecule has 1 aromatic rings. The third-order valence-corrected chi connectivity index (χ3v) is 2.21. The van der Waals surface area contributed by atoms with Crippen molar-refractivity contribution in [3.05, 3.63) is 29.2 Å². The summed E-state index contributed by atoms with van der Waals surface area (Å²) in [5.41, 5.74) is 1.29. The fourth-order valence-electron chi connectivity index (χ4n) is 1.32. The predicted molar refractivity (Wildman–Crippen MR) is 64.9 cm³/mol. The van der Waals surface area contributed by atoms with Crippen molar-refractivity contribution in [3.63, 3.8) is 0 Å². The van der Waals surface area contributed by atoms with E-state index in [4.69, 9.17) is 4.42 Å². The quantitative estimate of drug-likeness (QED) is 0.801. The van der Waals surface area contributed by atoms with Gasteiger partial charge in [0.1, 0.15) is 11.5 Å². The van der Waals surface area contributed by atoms with Gasteiger partial charge in [-0.3, -0.25) is 0 Å². The van der Waals surface area contributed by atoms with E-state index in [9.17, 15) is 0 Å². The first-order valence-corrected chi connectivity index (χ1v) is 5.61. The van der Waals surface area contributed by atoms with Crippen molar-refractivity contribution in [3.8, 4) is 0 Å². The van der Waals surface area contributed by atoms with Crippen LogP contribution >= 0.6 is 0 Å². The topological polar surface area (TPSA) is 25.2 Å². The summed E-state index contributed by atoms with van der Waals surface area (Å²) in [6.07, 6.45) is 3.05. The van der Waals surface area contributed by atoms with E-state index in [0.717, 1.165) is 24.5 Å². The third kappa shape index (κ3) is 4.34. The van der Waals surface area contributed by atoms with Crippen LogP contribution in [-0.2, 0) is 6.42 Å². The van der Waals surface area contributed by atoms with Crippen LogP contribution in [0.5, 0.6) is 0 Å². The molecule has 0 spiro atoms. The standard InChI is InChI=1S/C13H21NO/c1-5-12-6-7-13(15-12)8-11(4)9-14-10(2)3/h6-8,10,14H,5,9H2,1-4H3. The Morgan fingerprint density at radius 1 is 1.47 bits per heavy atom. The van der Waals surface area contributed by atoms with Gasteiger partial charge in [-0.25, -0.2) is 0 Å². The van der Waals surface area contributed by atoms with Gasteiger partial charge in [0.05, 0.1) is 0 Å². The molecule has 0 aliphatic carbocycles. The zero-order valence-corrected chi connectivity index (χ0v) is 10.1. The molecular weight excluding hydrogens is 186 g/mol. The number of hydrogen-bond donors (Lipinski definition) is 1. The van der Waals surface area contributed by atoms with Gasteiger partial charge in [-0.05, 0) is 25.1 Å². The molecule has 0 unspecified atom stereocenters. The summed E-state index contributed by atoms with van der Waals surface area (Å²) in [6.45, 7) is 9.42. The summed E-state index contributed by atoms with van der Waals surface area (Å²) >= 11 is 0. The van der Waals surface area contributed by atoms with Gasteiger partial charge in [-0.15, -0.1) is 0 Å². The molecule has 2 nitrogen and oxygen atoms in total. The molecule has 0 atom stereocenters. The van der Waals surface area contributed by atoms with E-state index < -0.39 is 0 Å². The number of rotatable bonds is 5. The van der Waals surface area contributed by atoms with E-state index in [-0.39, 0.29) is 0 Å². The first-order chi connectivity index (χ1) is 7.11. The average molecular weight is 207 g/mol. The van der Waals surface area contributed by atoms with Crippen LogP contribution in [0.4, 0.5) is 0 Å². The number of hydrogen-bond acceptors (Lipinski definition) is 2. The minimum Gasteiger partial charge on any atom is -0.462 e. The lowest BCUT2D eigenvalue weighted by atomic mass is 10.2. The van der Waals surface area contributed by atoms with Crippen molar-refractivity contribution in [2.75, 3.05) is 6.54 Å². The highest BCUT2D eigenvalue weighted by Crippen LogP contribution is 2.11. The largest absolute Gasteiger partial charge is 0.462 e. The highest BCUT2D eigenvalue weighted by Gasteiger charge is 1.98. The van der Waals surface area contributed by atoms with Crippen molar-refractivity contribution < 1.29 is 4.42 Å². The lowest BCUT2D eigenvalue weighted by Crippen LogP contribution is -2.24. The van der Waals surface area contributed by atoms with Gasteiger partial charge in [-0.2, -0.15) is 0 Å². The van der Waals surface area contributed by atoms with E-state index in [1.54, 1.807) is 0 Å². The summed E-state index contributed by atoms with van der Waals surface area (Å²) in [4.78, 5) is 0.